The van der Waals surface area contributed by atoms with Gasteiger partial charge in [-0.25, -0.2) is 0 Å². The number of halogens is 4. The smallest absolute Gasteiger partial charge is 0.116 e. The summed E-state index contributed by atoms with van der Waals surface area (Å²) < 4.78 is -0.177. The molecule has 1 saturated carbocycles. The van der Waals surface area contributed by atoms with E-state index >= 15 is 0 Å². The minimum absolute atomic E-state index is 0.0363. The average Bonchev–Trinajstić information content (AvgIpc) is 1.91. The maximum absolute atomic E-state index is 5.60. The Morgan fingerprint density at radius 1 is 1.14 bits per heavy atom. The Morgan fingerprint density at radius 3 is 1.29 bits per heavy atom. The van der Waals surface area contributed by atoms with Gasteiger partial charge in [0.2, 0.25) is 0 Å². The predicted octanol–water partition coefficient (Wildman–Crippen LogP) is 2.70. The van der Waals surface area contributed by atoms with Crippen LogP contribution < -0.4 is 0 Å². The lowest BCUT2D eigenvalue weighted by Crippen LogP contribution is -1.84. The zero-order valence-corrected chi connectivity index (χ0v) is 7.85. The van der Waals surface area contributed by atoms with Crippen molar-refractivity contribution in [3.05, 3.63) is 0 Å². The van der Waals surface area contributed by atoms with Gasteiger partial charge in [0.25, 0.3) is 0 Å². The lowest BCUT2D eigenvalue weighted by atomic mass is 11.0. The summed E-state index contributed by atoms with van der Waals surface area (Å²) in [6.45, 7) is 0. The maximum atomic E-state index is 5.60. The largest absolute Gasteiger partial charge is 0.119 e. The van der Waals surface area contributed by atoms with Gasteiger partial charge in [-0.1, -0.05) is 31.9 Å². The number of hydrogen-bond acceptors (Lipinski definition) is 0. The van der Waals surface area contributed by atoms with Gasteiger partial charge >= 0.3 is 0 Å². The third kappa shape index (κ3) is 0.958. The Morgan fingerprint density at radius 2 is 1.29 bits per heavy atom. The molecule has 0 radical (unpaired) electrons. The molecule has 1 fully saturated rings. The fourth-order valence-corrected chi connectivity index (χ4v) is 2.24. The molecule has 0 aromatic heterocycles. The molecule has 7 heavy (non-hydrogen) atoms. The monoisotopic (exact) mass is 266 g/mol. The summed E-state index contributed by atoms with van der Waals surface area (Å²) in [6, 6.07) is 0. The van der Waals surface area contributed by atoms with Crippen LogP contribution in [0, 0.1) is 0 Å². The standard InChI is InChI=1S/C3H2Br2Cl2/c4-3(5)1(6)2(3)7/h1-2H/t1-,2-/m0/s1. The third-order valence-electron chi connectivity index (χ3n) is 0.883. The topological polar surface area (TPSA) is 0 Å². The minimum Gasteiger partial charge on any atom is -0.119 e. The van der Waals surface area contributed by atoms with E-state index in [1.807, 2.05) is 0 Å². The van der Waals surface area contributed by atoms with Crippen LogP contribution in [0.4, 0.5) is 0 Å². The second-order valence-electron chi connectivity index (χ2n) is 1.48. The first-order valence-corrected chi connectivity index (χ1v) is 4.18. The molecule has 1 rings (SSSR count). The van der Waals surface area contributed by atoms with E-state index < -0.39 is 0 Å². The van der Waals surface area contributed by atoms with E-state index in [1.165, 1.54) is 0 Å². The van der Waals surface area contributed by atoms with Crippen LogP contribution in [0.25, 0.3) is 0 Å². The van der Waals surface area contributed by atoms with Crippen LogP contribution in [0.2, 0.25) is 0 Å². The molecule has 0 aromatic carbocycles. The molecule has 0 aliphatic heterocycles. The summed E-state index contributed by atoms with van der Waals surface area (Å²) in [5, 5.41) is 0.0725. The molecule has 1 aliphatic carbocycles. The van der Waals surface area contributed by atoms with E-state index in [0.717, 1.165) is 0 Å². The Kier molecular flexibility index (Phi) is 1.67. The maximum Gasteiger partial charge on any atom is 0.116 e. The normalized spacial score (nSPS) is 46.3. The quantitative estimate of drug-likeness (QED) is 0.593. The van der Waals surface area contributed by atoms with Gasteiger partial charge in [0.15, 0.2) is 0 Å². The highest BCUT2D eigenvalue weighted by atomic mass is 79.9. The fourth-order valence-electron chi connectivity index (χ4n) is 0.255. The molecule has 0 bridgehead atoms. The SMILES string of the molecule is Cl[C@H]1[C@H](Cl)C1(Br)Br. The van der Waals surface area contributed by atoms with Crippen molar-refractivity contribution >= 4 is 55.1 Å². The molecule has 0 nitrogen and oxygen atoms in total. The molecule has 2 atom stereocenters. The van der Waals surface area contributed by atoms with Crippen LogP contribution in [0.15, 0.2) is 0 Å². The van der Waals surface area contributed by atoms with Crippen LogP contribution in [-0.2, 0) is 0 Å². The Balaban J connectivity index is 2.52. The van der Waals surface area contributed by atoms with Gasteiger partial charge in [0.1, 0.15) is 3.23 Å². The second-order valence-corrected chi connectivity index (χ2v) is 6.11. The van der Waals surface area contributed by atoms with Crippen molar-refractivity contribution in [2.45, 2.75) is 14.0 Å². The van der Waals surface area contributed by atoms with Crippen LogP contribution in [0.3, 0.4) is 0 Å². The van der Waals surface area contributed by atoms with Crippen molar-refractivity contribution in [1.29, 1.82) is 0 Å². The van der Waals surface area contributed by atoms with Crippen molar-refractivity contribution in [1.82, 2.24) is 0 Å². The van der Waals surface area contributed by atoms with Gasteiger partial charge in [-0.15, -0.1) is 23.2 Å². The van der Waals surface area contributed by atoms with E-state index in [2.05, 4.69) is 31.9 Å². The highest BCUT2D eigenvalue weighted by Gasteiger charge is 2.60. The second kappa shape index (κ2) is 1.76. The zero-order chi connectivity index (χ0) is 5.65. The summed E-state index contributed by atoms with van der Waals surface area (Å²) in [6.07, 6.45) is 0. The van der Waals surface area contributed by atoms with Crippen LogP contribution in [-0.4, -0.2) is 14.0 Å². The highest BCUT2D eigenvalue weighted by molar-refractivity contribution is 9.25. The molecule has 0 heterocycles. The summed E-state index contributed by atoms with van der Waals surface area (Å²) in [5.74, 6) is 0. The molecule has 4 heteroatoms. The van der Waals surface area contributed by atoms with Crippen molar-refractivity contribution in [3.8, 4) is 0 Å². The first-order chi connectivity index (χ1) is 3.07. The Hall–Kier alpha value is 1.54. The minimum atomic E-state index is -0.177. The molecule has 0 aromatic rings. The van der Waals surface area contributed by atoms with Gasteiger partial charge < -0.3 is 0 Å². The van der Waals surface area contributed by atoms with Crippen molar-refractivity contribution < 1.29 is 0 Å². The third-order valence-corrected chi connectivity index (χ3v) is 5.23. The van der Waals surface area contributed by atoms with Crippen LogP contribution in [0.1, 0.15) is 0 Å². The molecule has 0 N–H and O–H groups in total. The summed E-state index contributed by atoms with van der Waals surface area (Å²) in [5.41, 5.74) is 0. The van der Waals surface area contributed by atoms with Crippen molar-refractivity contribution in [3.63, 3.8) is 0 Å². The van der Waals surface area contributed by atoms with Gasteiger partial charge in [0, 0.05) is 0 Å². The van der Waals surface area contributed by atoms with Crippen LogP contribution >= 0.6 is 55.1 Å². The summed E-state index contributed by atoms with van der Waals surface area (Å²) in [4.78, 5) is 0. The number of alkyl halides is 4. The fraction of sp³-hybridized carbons (Fsp3) is 1.00. The van der Waals surface area contributed by atoms with E-state index in [1.54, 1.807) is 0 Å². The zero-order valence-electron chi connectivity index (χ0n) is 3.17. The number of rotatable bonds is 0. The molecule has 0 amide bonds. The summed E-state index contributed by atoms with van der Waals surface area (Å²) in [7, 11) is 0. The first-order valence-electron chi connectivity index (χ1n) is 1.73. The van der Waals surface area contributed by atoms with Crippen LogP contribution in [0.5, 0.6) is 0 Å². The van der Waals surface area contributed by atoms with Gasteiger partial charge in [0.05, 0.1) is 10.8 Å². The average molecular weight is 269 g/mol. The molecule has 0 unspecified atom stereocenters. The van der Waals surface area contributed by atoms with E-state index in [4.69, 9.17) is 23.2 Å². The molecule has 42 valence electrons. The van der Waals surface area contributed by atoms with E-state index in [-0.39, 0.29) is 14.0 Å². The Labute approximate surface area is 68.8 Å². The lowest BCUT2D eigenvalue weighted by molar-refractivity contribution is 1.48. The van der Waals surface area contributed by atoms with Crippen molar-refractivity contribution in [2.24, 2.45) is 0 Å². The molecular formula is C3H2Br2Cl2. The van der Waals surface area contributed by atoms with Gasteiger partial charge in [-0.05, 0) is 0 Å². The predicted molar refractivity (Wildman–Crippen MR) is 39.9 cm³/mol. The van der Waals surface area contributed by atoms with E-state index in [9.17, 15) is 0 Å². The van der Waals surface area contributed by atoms with Gasteiger partial charge in [-0.3, -0.25) is 0 Å². The van der Waals surface area contributed by atoms with E-state index in [0.29, 0.717) is 0 Å². The lowest BCUT2D eigenvalue weighted by Gasteiger charge is -1.85. The summed E-state index contributed by atoms with van der Waals surface area (Å²) >= 11 is 17.7. The Bertz CT molecular complexity index is 82.9. The van der Waals surface area contributed by atoms with Crippen molar-refractivity contribution in [2.75, 3.05) is 0 Å². The first kappa shape index (κ1) is 6.66. The molecule has 1 aliphatic rings. The molecular weight excluding hydrogens is 267 g/mol. The number of hydrogen-bond donors (Lipinski definition) is 0. The van der Waals surface area contributed by atoms with Gasteiger partial charge in [-0.2, -0.15) is 0 Å². The molecule has 0 spiro atoms. The molecule has 0 saturated heterocycles. The highest BCUT2D eigenvalue weighted by Crippen LogP contribution is 2.57.